The van der Waals surface area contributed by atoms with Crippen LogP contribution in [0.3, 0.4) is 0 Å². The predicted molar refractivity (Wildman–Crippen MR) is 72.6 cm³/mol. The fourth-order valence-corrected chi connectivity index (χ4v) is 1.76. The van der Waals surface area contributed by atoms with Crippen LogP contribution < -0.4 is 5.73 Å². The molecule has 0 amide bonds. The molecular weight excluding hydrogens is 257 g/mol. The number of benzene rings is 1. The predicted octanol–water partition coefficient (Wildman–Crippen LogP) is 3.48. The van der Waals surface area contributed by atoms with Crippen molar-refractivity contribution < 1.29 is 4.79 Å². The lowest BCUT2D eigenvalue weighted by atomic mass is 9.83. The monoisotopic (exact) mass is 273 g/mol. The number of ketones is 1. The van der Waals surface area contributed by atoms with Gasteiger partial charge in [-0.2, -0.15) is 0 Å². The van der Waals surface area contributed by atoms with Crippen LogP contribution in [0.5, 0.6) is 0 Å². The Bertz CT molecular complexity index is 424. The molecule has 0 saturated heterocycles. The van der Waals surface area contributed by atoms with Gasteiger partial charge in [0.25, 0.3) is 0 Å². The summed E-state index contributed by atoms with van der Waals surface area (Å²) < 4.78 is 0. The molecule has 0 aliphatic heterocycles. The maximum atomic E-state index is 12.0. The van der Waals surface area contributed by atoms with Gasteiger partial charge in [0.1, 0.15) is 0 Å². The first-order valence-corrected chi connectivity index (χ1v) is 6.19. The number of carbonyl (C=O) groups excluding carboxylic acids is 1. The van der Waals surface area contributed by atoms with Crippen LogP contribution in [0.1, 0.15) is 26.3 Å². The third kappa shape index (κ3) is 3.98. The van der Waals surface area contributed by atoms with Crippen molar-refractivity contribution in [3.63, 3.8) is 0 Å². The minimum Gasteiger partial charge on any atom is -0.321 e. The van der Waals surface area contributed by atoms with Gasteiger partial charge in [0.15, 0.2) is 5.78 Å². The first-order valence-electron chi connectivity index (χ1n) is 5.44. The van der Waals surface area contributed by atoms with Gasteiger partial charge in [-0.1, -0.05) is 50.0 Å². The number of hydrogen-bond acceptors (Lipinski definition) is 2. The Kier molecular flexibility index (Phi) is 4.59. The first-order chi connectivity index (χ1) is 7.71. The molecular formula is C13H17Cl2NO. The van der Waals surface area contributed by atoms with E-state index >= 15 is 0 Å². The van der Waals surface area contributed by atoms with Gasteiger partial charge in [0, 0.05) is 6.42 Å². The second kappa shape index (κ2) is 5.38. The minimum atomic E-state index is -0.475. The van der Waals surface area contributed by atoms with E-state index in [1.54, 1.807) is 18.2 Å². The van der Waals surface area contributed by atoms with Crippen LogP contribution in [-0.4, -0.2) is 11.8 Å². The molecule has 1 aromatic carbocycles. The van der Waals surface area contributed by atoms with Crippen molar-refractivity contribution in [1.29, 1.82) is 0 Å². The fourth-order valence-electron chi connectivity index (χ4n) is 1.44. The summed E-state index contributed by atoms with van der Waals surface area (Å²) in [5, 5.41) is 0.948. The van der Waals surface area contributed by atoms with E-state index in [0.717, 1.165) is 5.56 Å². The van der Waals surface area contributed by atoms with Gasteiger partial charge < -0.3 is 5.73 Å². The molecule has 17 heavy (non-hydrogen) atoms. The van der Waals surface area contributed by atoms with Crippen molar-refractivity contribution in [2.75, 3.05) is 0 Å². The Morgan fingerprint density at radius 3 is 2.35 bits per heavy atom. The van der Waals surface area contributed by atoms with Crippen LogP contribution in [0.4, 0.5) is 0 Å². The number of carbonyl (C=O) groups is 1. The molecule has 1 aromatic rings. The summed E-state index contributed by atoms with van der Waals surface area (Å²) in [6.07, 6.45) is 0.287. The molecule has 1 atom stereocenters. The third-order valence-corrected chi connectivity index (χ3v) is 3.38. The van der Waals surface area contributed by atoms with Gasteiger partial charge in [0.05, 0.1) is 16.1 Å². The molecule has 1 unspecified atom stereocenters. The minimum absolute atomic E-state index is 0.0101. The van der Waals surface area contributed by atoms with Gasteiger partial charge in [-0.25, -0.2) is 0 Å². The second-order valence-electron chi connectivity index (χ2n) is 5.24. The van der Waals surface area contributed by atoms with Crippen molar-refractivity contribution in [3.8, 4) is 0 Å². The summed E-state index contributed by atoms with van der Waals surface area (Å²) in [5.74, 6) is 0.0101. The molecule has 0 aliphatic rings. The maximum Gasteiger partial charge on any atom is 0.154 e. The molecule has 0 aliphatic carbocycles. The highest BCUT2D eigenvalue weighted by Crippen LogP contribution is 2.24. The molecule has 0 saturated carbocycles. The third-order valence-electron chi connectivity index (χ3n) is 2.64. The van der Waals surface area contributed by atoms with E-state index in [2.05, 4.69) is 0 Å². The Labute approximate surface area is 112 Å². The van der Waals surface area contributed by atoms with Gasteiger partial charge in [-0.15, -0.1) is 0 Å². The number of nitrogens with two attached hydrogens (primary N) is 1. The average molecular weight is 274 g/mol. The van der Waals surface area contributed by atoms with E-state index in [1.165, 1.54) is 0 Å². The van der Waals surface area contributed by atoms with E-state index < -0.39 is 6.04 Å². The summed E-state index contributed by atoms with van der Waals surface area (Å²) in [4.78, 5) is 12.0. The van der Waals surface area contributed by atoms with E-state index in [4.69, 9.17) is 28.9 Å². The summed E-state index contributed by atoms with van der Waals surface area (Å²) in [7, 11) is 0. The Morgan fingerprint density at radius 2 is 1.88 bits per heavy atom. The van der Waals surface area contributed by atoms with Crippen molar-refractivity contribution >= 4 is 29.0 Å². The van der Waals surface area contributed by atoms with Gasteiger partial charge >= 0.3 is 0 Å². The number of hydrogen-bond donors (Lipinski definition) is 1. The van der Waals surface area contributed by atoms with Crippen molar-refractivity contribution in [2.24, 2.45) is 11.1 Å². The molecule has 2 nitrogen and oxygen atoms in total. The standard InChI is InChI=1S/C13H17Cl2NO/c1-13(2,3)12(16)11(17)7-8-4-5-9(14)10(15)6-8/h4-6,12H,7,16H2,1-3H3. The normalized spacial score (nSPS) is 13.5. The summed E-state index contributed by atoms with van der Waals surface area (Å²) in [6, 6.07) is 4.71. The quantitative estimate of drug-likeness (QED) is 0.917. The lowest BCUT2D eigenvalue weighted by Crippen LogP contribution is -2.43. The molecule has 2 N–H and O–H groups in total. The van der Waals surface area contributed by atoms with Crippen molar-refractivity contribution in [1.82, 2.24) is 0 Å². The topological polar surface area (TPSA) is 43.1 Å². The molecule has 0 heterocycles. The number of rotatable bonds is 3. The molecule has 0 bridgehead atoms. The lowest BCUT2D eigenvalue weighted by Gasteiger charge is -2.25. The zero-order chi connectivity index (χ0) is 13.2. The largest absolute Gasteiger partial charge is 0.321 e. The molecule has 0 fully saturated rings. The summed E-state index contributed by atoms with van der Waals surface area (Å²) >= 11 is 11.7. The highest BCUT2D eigenvalue weighted by atomic mass is 35.5. The molecule has 4 heteroatoms. The first kappa shape index (κ1) is 14.5. The van der Waals surface area contributed by atoms with Crippen LogP contribution in [0.2, 0.25) is 10.0 Å². The SMILES string of the molecule is CC(C)(C)C(N)C(=O)Cc1ccc(Cl)c(Cl)c1. The molecule has 0 aromatic heterocycles. The van der Waals surface area contributed by atoms with E-state index in [-0.39, 0.29) is 17.6 Å². The Morgan fingerprint density at radius 1 is 1.29 bits per heavy atom. The van der Waals surface area contributed by atoms with Gasteiger partial charge in [-0.05, 0) is 23.1 Å². The zero-order valence-corrected chi connectivity index (χ0v) is 11.8. The Balaban J connectivity index is 2.78. The fraction of sp³-hybridized carbons (Fsp3) is 0.462. The van der Waals surface area contributed by atoms with Crippen molar-refractivity contribution in [2.45, 2.75) is 33.2 Å². The van der Waals surface area contributed by atoms with E-state index in [1.807, 2.05) is 20.8 Å². The molecule has 94 valence electrons. The zero-order valence-electron chi connectivity index (χ0n) is 10.3. The van der Waals surface area contributed by atoms with Crippen LogP contribution >= 0.6 is 23.2 Å². The van der Waals surface area contributed by atoms with Gasteiger partial charge in [0.2, 0.25) is 0 Å². The highest BCUT2D eigenvalue weighted by Gasteiger charge is 2.27. The van der Waals surface area contributed by atoms with Crippen LogP contribution in [0.15, 0.2) is 18.2 Å². The van der Waals surface area contributed by atoms with Crippen LogP contribution in [0.25, 0.3) is 0 Å². The van der Waals surface area contributed by atoms with Crippen molar-refractivity contribution in [3.05, 3.63) is 33.8 Å². The van der Waals surface area contributed by atoms with E-state index in [0.29, 0.717) is 10.0 Å². The van der Waals surface area contributed by atoms with Gasteiger partial charge in [-0.3, -0.25) is 4.79 Å². The second-order valence-corrected chi connectivity index (χ2v) is 6.05. The lowest BCUT2D eigenvalue weighted by molar-refractivity contribution is -0.121. The average Bonchev–Trinajstić information content (AvgIpc) is 2.21. The summed E-state index contributed by atoms with van der Waals surface area (Å²) in [6.45, 7) is 5.85. The molecule has 0 spiro atoms. The molecule has 1 rings (SSSR count). The smallest absolute Gasteiger partial charge is 0.154 e. The highest BCUT2D eigenvalue weighted by molar-refractivity contribution is 6.42. The maximum absolute atomic E-state index is 12.0. The van der Waals surface area contributed by atoms with Crippen LogP contribution in [-0.2, 0) is 11.2 Å². The number of Topliss-reactive ketones (excluding diaryl/α,β-unsaturated/α-hetero) is 1. The van der Waals surface area contributed by atoms with E-state index in [9.17, 15) is 4.79 Å². The Hall–Kier alpha value is -0.570. The summed E-state index contributed by atoms with van der Waals surface area (Å²) in [5.41, 5.74) is 6.51. The number of halogens is 2. The molecule has 0 radical (unpaired) electrons. The van der Waals surface area contributed by atoms with Crippen LogP contribution in [0, 0.1) is 5.41 Å².